The summed E-state index contributed by atoms with van der Waals surface area (Å²) in [4.78, 5) is 11.1. The minimum atomic E-state index is -4.29. The van der Waals surface area contributed by atoms with E-state index in [9.17, 15) is 18.0 Å². The van der Waals surface area contributed by atoms with Gasteiger partial charge in [0, 0.05) is 6.92 Å². The number of hydrogen-bond donors (Lipinski definition) is 1. The molecule has 0 bridgehead atoms. The lowest BCUT2D eigenvalue weighted by molar-refractivity contribution is -0.186. The Labute approximate surface area is 103 Å². The number of nitrogens with one attached hydrogen (secondary N) is 1. The second-order valence-corrected chi connectivity index (χ2v) is 4.56. The molecule has 1 aromatic carbocycles. The predicted molar refractivity (Wildman–Crippen MR) is 60.9 cm³/mol. The van der Waals surface area contributed by atoms with E-state index in [1.807, 2.05) is 6.07 Å². The summed E-state index contributed by atoms with van der Waals surface area (Å²) in [6, 6.07) is 6.02. The zero-order valence-electron chi connectivity index (χ0n) is 9.92. The average Bonchev–Trinajstić information content (AvgIpc) is 2.27. The average molecular weight is 257 g/mol. The Bertz CT molecular complexity index is 456. The Morgan fingerprint density at radius 1 is 1.33 bits per heavy atom. The van der Waals surface area contributed by atoms with Gasteiger partial charge in [0.05, 0.1) is 12.0 Å². The molecule has 1 amide bonds. The highest BCUT2D eigenvalue weighted by Gasteiger charge is 2.47. The van der Waals surface area contributed by atoms with Crippen molar-refractivity contribution in [2.75, 3.05) is 0 Å². The van der Waals surface area contributed by atoms with Crippen molar-refractivity contribution in [2.24, 2.45) is 5.92 Å². The van der Waals surface area contributed by atoms with E-state index in [-0.39, 0.29) is 6.42 Å². The molecule has 0 saturated carbocycles. The van der Waals surface area contributed by atoms with Crippen molar-refractivity contribution in [1.29, 1.82) is 0 Å². The largest absolute Gasteiger partial charge is 0.394 e. The molecule has 0 fully saturated rings. The van der Waals surface area contributed by atoms with Crippen molar-refractivity contribution in [2.45, 2.75) is 32.0 Å². The van der Waals surface area contributed by atoms with Gasteiger partial charge in [-0.25, -0.2) is 0 Å². The molecule has 0 unspecified atom stereocenters. The molecule has 1 aliphatic carbocycles. The van der Waals surface area contributed by atoms with Gasteiger partial charge in [-0.05, 0) is 24.0 Å². The normalized spacial score (nSPS) is 23.3. The number of carbonyl (C=O) groups is 1. The van der Waals surface area contributed by atoms with E-state index >= 15 is 0 Å². The topological polar surface area (TPSA) is 29.1 Å². The van der Waals surface area contributed by atoms with Gasteiger partial charge in [-0.2, -0.15) is 13.2 Å². The molecule has 2 nitrogen and oxygen atoms in total. The smallest absolute Gasteiger partial charge is 0.349 e. The third kappa shape index (κ3) is 2.49. The Kier molecular flexibility index (Phi) is 3.32. The van der Waals surface area contributed by atoms with E-state index < -0.39 is 24.0 Å². The van der Waals surface area contributed by atoms with E-state index in [2.05, 4.69) is 5.32 Å². The number of benzene rings is 1. The number of carbonyl (C=O) groups excluding carboxylic acids is 1. The number of fused-ring (bicyclic) bond motifs is 1. The third-order valence-corrected chi connectivity index (χ3v) is 3.30. The van der Waals surface area contributed by atoms with Crippen LogP contribution in [0.15, 0.2) is 24.3 Å². The zero-order valence-corrected chi connectivity index (χ0v) is 9.92. The second-order valence-electron chi connectivity index (χ2n) is 4.56. The summed E-state index contributed by atoms with van der Waals surface area (Å²) >= 11 is 0. The molecule has 2 atom stereocenters. The fourth-order valence-corrected chi connectivity index (χ4v) is 2.51. The van der Waals surface area contributed by atoms with Crippen LogP contribution in [0.5, 0.6) is 0 Å². The summed E-state index contributed by atoms with van der Waals surface area (Å²) in [5.41, 5.74) is 1.47. The summed E-state index contributed by atoms with van der Waals surface area (Å²) in [5, 5.41) is 2.44. The predicted octanol–water partition coefficient (Wildman–Crippen LogP) is 2.99. The van der Waals surface area contributed by atoms with Crippen LogP contribution in [0.4, 0.5) is 13.2 Å². The Morgan fingerprint density at radius 2 is 2.00 bits per heavy atom. The molecule has 0 spiro atoms. The minimum Gasteiger partial charge on any atom is -0.349 e. The number of halogens is 3. The van der Waals surface area contributed by atoms with Gasteiger partial charge in [-0.3, -0.25) is 4.79 Å². The first-order valence-electron chi connectivity index (χ1n) is 5.81. The summed E-state index contributed by atoms with van der Waals surface area (Å²) in [6.45, 7) is 1.24. The zero-order chi connectivity index (χ0) is 13.3. The third-order valence-electron chi connectivity index (χ3n) is 3.30. The Balaban J connectivity index is 2.39. The van der Waals surface area contributed by atoms with Crippen molar-refractivity contribution in [3.05, 3.63) is 35.4 Å². The second kappa shape index (κ2) is 4.63. The van der Waals surface area contributed by atoms with Gasteiger partial charge < -0.3 is 5.32 Å². The van der Waals surface area contributed by atoms with E-state index in [0.29, 0.717) is 12.0 Å². The molecule has 1 N–H and O–H groups in total. The van der Waals surface area contributed by atoms with Crippen molar-refractivity contribution >= 4 is 5.91 Å². The molecule has 0 saturated heterocycles. The molecule has 1 aliphatic rings. The van der Waals surface area contributed by atoms with Crippen LogP contribution in [0.3, 0.4) is 0 Å². The SMILES string of the molecule is CC(=O)N[C@H]1c2ccccc2CC[C@H]1C(F)(F)F. The van der Waals surface area contributed by atoms with Crippen LogP contribution in [-0.2, 0) is 11.2 Å². The van der Waals surface area contributed by atoms with Gasteiger partial charge in [0.25, 0.3) is 0 Å². The first-order chi connectivity index (χ1) is 8.39. The highest BCUT2D eigenvalue weighted by Crippen LogP contribution is 2.43. The molecule has 0 aliphatic heterocycles. The van der Waals surface area contributed by atoms with Crippen molar-refractivity contribution < 1.29 is 18.0 Å². The van der Waals surface area contributed by atoms with Crippen molar-refractivity contribution in [3.8, 4) is 0 Å². The fraction of sp³-hybridized carbons (Fsp3) is 0.462. The summed E-state index contributed by atoms with van der Waals surface area (Å²) < 4.78 is 39.0. The number of hydrogen-bond acceptors (Lipinski definition) is 1. The molecule has 0 heterocycles. The molecular weight excluding hydrogens is 243 g/mol. The monoisotopic (exact) mass is 257 g/mol. The maximum absolute atomic E-state index is 13.0. The van der Waals surface area contributed by atoms with Gasteiger partial charge in [0.15, 0.2) is 0 Å². The molecule has 2 rings (SSSR count). The molecule has 0 radical (unpaired) electrons. The van der Waals surface area contributed by atoms with Crippen LogP contribution in [0, 0.1) is 5.92 Å². The van der Waals surface area contributed by atoms with Crippen LogP contribution >= 0.6 is 0 Å². The summed E-state index contributed by atoms with van der Waals surface area (Å²) in [5.74, 6) is -1.94. The van der Waals surface area contributed by atoms with E-state index in [1.54, 1.807) is 18.2 Å². The lowest BCUT2D eigenvalue weighted by Gasteiger charge is -2.35. The maximum Gasteiger partial charge on any atom is 0.394 e. The molecule has 1 aromatic rings. The summed E-state index contributed by atoms with van der Waals surface area (Å²) in [6.07, 6.45) is -3.87. The number of alkyl halides is 3. The highest BCUT2D eigenvalue weighted by atomic mass is 19.4. The number of amides is 1. The van der Waals surface area contributed by atoms with E-state index in [4.69, 9.17) is 0 Å². The minimum absolute atomic E-state index is 0.0193. The van der Waals surface area contributed by atoms with Crippen molar-refractivity contribution in [1.82, 2.24) is 5.32 Å². The van der Waals surface area contributed by atoms with Crippen LogP contribution in [0.2, 0.25) is 0 Å². The first kappa shape index (κ1) is 12.9. The van der Waals surface area contributed by atoms with Crippen molar-refractivity contribution in [3.63, 3.8) is 0 Å². The van der Waals surface area contributed by atoms with E-state index in [0.717, 1.165) is 5.56 Å². The van der Waals surface area contributed by atoms with Crippen LogP contribution in [-0.4, -0.2) is 12.1 Å². The van der Waals surface area contributed by atoms with Crippen LogP contribution in [0.25, 0.3) is 0 Å². The molecule has 98 valence electrons. The summed E-state index contributed by atoms with van der Waals surface area (Å²) in [7, 11) is 0. The fourth-order valence-electron chi connectivity index (χ4n) is 2.51. The Hall–Kier alpha value is -1.52. The van der Waals surface area contributed by atoms with Crippen LogP contribution in [0.1, 0.15) is 30.5 Å². The quantitative estimate of drug-likeness (QED) is 0.823. The standard InChI is InChI=1S/C13H14F3NO/c1-8(18)17-12-10-5-3-2-4-9(10)6-7-11(12)13(14,15)16/h2-5,11-12H,6-7H2,1H3,(H,17,18)/t11-,12+/m1/s1. The van der Waals surface area contributed by atoms with Crippen LogP contribution < -0.4 is 5.32 Å². The first-order valence-corrected chi connectivity index (χ1v) is 5.81. The highest BCUT2D eigenvalue weighted by molar-refractivity contribution is 5.73. The van der Waals surface area contributed by atoms with Gasteiger partial charge in [-0.1, -0.05) is 24.3 Å². The van der Waals surface area contributed by atoms with E-state index in [1.165, 1.54) is 6.92 Å². The lowest BCUT2D eigenvalue weighted by Crippen LogP contribution is -2.41. The van der Waals surface area contributed by atoms with Gasteiger partial charge in [-0.15, -0.1) is 0 Å². The molecule has 5 heteroatoms. The number of rotatable bonds is 1. The number of aryl methyl sites for hydroxylation is 1. The van der Waals surface area contributed by atoms with Gasteiger partial charge >= 0.3 is 6.18 Å². The maximum atomic E-state index is 13.0. The molecule has 18 heavy (non-hydrogen) atoms. The van der Waals surface area contributed by atoms with Gasteiger partial charge in [0.2, 0.25) is 5.91 Å². The molecule has 0 aromatic heterocycles. The molecular formula is C13H14F3NO. The lowest BCUT2D eigenvalue weighted by atomic mass is 9.79. The van der Waals surface area contributed by atoms with Gasteiger partial charge in [0.1, 0.15) is 0 Å². The Morgan fingerprint density at radius 3 is 2.61 bits per heavy atom.